The van der Waals surface area contributed by atoms with Gasteiger partial charge in [0.25, 0.3) is 5.91 Å². The molecule has 5 rings (SSSR count). The van der Waals surface area contributed by atoms with Gasteiger partial charge in [-0.2, -0.15) is 5.10 Å². The van der Waals surface area contributed by atoms with Gasteiger partial charge < -0.3 is 30.6 Å². The summed E-state index contributed by atoms with van der Waals surface area (Å²) in [7, 11) is 3.22. The summed E-state index contributed by atoms with van der Waals surface area (Å²) in [6.45, 7) is 1.03. The molecule has 1 saturated heterocycles. The molecule has 2 atom stereocenters. The minimum atomic E-state index is -0.757. The van der Waals surface area contributed by atoms with Gasteiger partial charge in [0.1, 0.15) is 17.9 Å². The highest BCUT2D eigenvalue weighted by molar-refractivity contribution is 5.99. The summed E-state index contributed by atoms with van der Waals surface area (Å²) in [4.78, 5) is 24.2. The van der Waals surface area contributed by atoms with Crippen LogP contribution < -0.4 is 21.1 Å². The van der Waals surface area contributed by atoms with E-state index >= 15 is 0 Å². The number of hydrogen-bond donors (Lipinski definition) is 3. The first-order chi connectivity index (χ1) is 17.5. The van der Waals surface area contributed by atoms with Crippen molar-refractivity contribution in [2.45, 2.75) is 25.0 Å². The lowest BCUT2D eigenvalue weighted by Gasteiger charge is -2.17. The van der Waals surface area contributed by atoms with Crippen molar-refractivity contribution >= 4 is 29.0 Å². The Balaban J connectivity index is 1.45. The topological polar surface area (TPSA) is 156 Å². The summed E-state index contributed by atoms with van der Waals surface area (Å²) in [5.41, 5.74) is 7.93. The zero-order chi connectivity index (χ0) is 25.2. The zero-order valence-corrected chi connectivity index (χ0v) is 19.9. The molecule has 2 aliphatic rings. The second-order valence-electron chi connectivity index (χ2n) is 8.72. The van der Waals surface area contributed by atoms with Crippen molar-refractivity contribution in [3.63, 3.8) is 0 Å². The number of primary amides is 1. The molecule has 2 amide bonds. The van der Waals surface area contributed by atoms with Gasteiger partial charge in [-0.25, -0.2) is 0 Å². The fraction of sp³-hybridized carbons (Fsp3) is 0.375. The lowest BCUT2D eigenvalue weighted by atomic mass is 10.1. The number of carbonyl (C=O) groups excluding carboxylic acids is 2. The molecule has 188 valence electrons. The molecule has 0 bridgehead atoms. The summed E-state index contributed by atoms with van der Waals surface area (Å²) in [5, 5.41) is 18.3. The Morgan fingerprint density at radius 1 is 1.17 bits per heavy atom. The number of anilines is 3. The number of ether oxygens (including phenoxy) is 3. The average molecular weight is 494 g/mol. The summed E-state index contributed by atoms with van der Waals surface area (Å²) in [6.07, 6.45) is 5.30. The number of methoxy groups -OCH3 is 2. The number of nitrogens with two attached hydrogens (primary N) is 1. The monoisotopic (exact) mass is 493 g/mol. The van der Waals surface area contributed by atoms with E-state index in [0.29, 0.717) is 30.3 Å². The molecular formula is C24H27N7O5. The van der Waals surface area contributed by atoms with E-state index in [2.05, 4.69) is 25.9 Å². The molecule has 1 unspecified atom stereocenters. The van der Waals surface area contributed by atoms with Crippen LogP contribution in [0, 0.1) is 5.92 Å². The summed E-state index contributed by atoms with van der Waals surface area (Å²) >= 11 is 0. The standard InChI is InChI=1S/C24H27N7O5/c1-34-19-12-36-11-18(19)31-10-14(9-26-31)15-4-3-5-16(22(15)35-2)27-17-8-20(28-24(33)13-6-7-13)29-30-21(17)23(25)32/h3-5,8-10,13,18-19H,6-7,11-12H2,1-2H3,(H2,25,32)(H2,27,28,29,33)/t18?,19-/m0/s1. The molecule has 1 aromatic carbocycles. The van der Waals surface area contributed by atoms with Crippen molar-refractivity contribution in [2.75, 3.05) is 38.1 Å². The van der Waals surface area contributed by atoms with Gasteiger partial charge in [0.2, 0.25) is 5.91 Å². The molecule has 1 aliphatic heterocycles. The number of rotatable bonds is 9. The first-order valence-electron chi connectivity index (χ1n) is 11.6. The highest BCUT2D eigenvalue weighted by Gasteiger charge is 2.31. The molecule has 12 nitrogen and oxygen atoms in total. The number of nitrogens with one attached hydrogen (secondary N) is 2. The highest BCUT2D eigenvalue weighted by atomic mass is 16.5. The van der Waals surface area contributed by atoms with E-state index in [1.807, 2.05) is 23.0 Å². The number of aromatic nitrogens is 4. The third kappa shape index (κ3) is 4.72. The molecule has 2 aromatic heterocycles. The SMILES string of the molecule is COc1c(Nc2cc(NC(=O)C3CC3)nnc2C(N)=O)cccc1-c1cnn(C2COC[C@@H]2OC)c1. The summed E-state index contributed by atoms with van der Waals surface area (Å²) in [5.74, 6) is -0.136. The minimum Gasteiger partial charge on any atom is -0.494 e. The maximum absolute atomic E-state index is 12.2. The molecule has 1 saturated carbocycles. The second kappa shape index (κ2) is 9.91. The van der Waals surface area contributed by atoms with Crippen molar-refractivity contribution in [1.29, 1.82) is 0 Å². The number of para-hydroxylation sites is 1. The van der Waals surface area contributed by atoms with Crippen LogP contribution in [0.15, 0.2) is 36.7 Å². The largest absolute Gasteiger partial charge is 0.494 e. The molecule has 2 fully saturated rings. The predicted octanol–water partition coefficient (Wildman–Crippen LogP) is 2.13. The van der Waals surface area contributed by atoms with Gasteiger partial charge in [0.15, 0.2) is 11.5 Å². The van der Waals surface area contributed by atoms with Gasteiger partial charge >= 0.3 is 0 Å². The minimum absolute atomic E-state index is 0.00770. The Kier molecular flexibility index (Phi) is 6.53. The second-order valence-corrected chi connectivity index (χ2v) is 8.72. The summed E-state index contributed by atoms with van der Waals surface area (Å²) < 4.78 is 18.6. The Labute approximate surface area is 207 Å². The average Bonchev–Trinajstić information content (AvgIpc) is 3.42. The lowest BCUT2D eigenvalue weighted by Crippen LogP contribution is -2.24. The van der Waals surface area contributed by atoms with Crippen LogP contribution in [0.1, 0.15) is 29.4 Å². The third-order valence-electron chi connectivity index (χ3n) is 6.27. The van der Waals surface area contributed by atoms with Gasteiger partial charge in [-0.3, -0.25) is 14.3 Å². The smallest absolute Gasteiger partial charge is 0.271 e. The van der Waals surface area contributed by atoms with Gasteiger partial charge in [-0.05, 0) is 18.9 Å². The predicted molar refractivity (Wildman–Crippen MR) is 130 cm³/mol. The molecule has 0 spiro atoms. The van der Waals surface area contributed by atoms with Gasteiger partial charge in [0.05, 0.1) is 37.9 Å². The van der Waals surface area contributed by atoms with E-state index in [1.165, 1.54) is 6.07 Å². The number of hydrogen-bond acceptors (Lipinski definition) is 9. The van der Waals surface area contributed by atoms with Gasteiger partial charge in [-0.1, -0.05) is 12.1 Å². The van der Waals surface area contributed by atoms with Gasteiger partial charge in [0, 0.05) is 36.4 Å². The molecule has 12 heteroatoms. The normalized spacial score (nSPS) is 19.2. The van der Waals surface area contributed by atoms with E-state index in [1.54, 1.807) is 26.5 Å². The fourth-order valence-electron chi connectivity index (χ4n) is 4.19. The Morgan fingerprint density at radius 3 is 2.72 bits per heavy atom. The van der Waals surface area contributed by atoms with Crippen LogP contribution in [0.2, 0.25) is 0 Å². The van der Waals surface area contributed by atoms with E-state index in [9.17, 15) is 9.59 Å². The fourth-order valence-corrected chi connectivity index (χ4v) is 4.19. The van der Waals surface area contributed by atoms with Crippen molar-refractivity contribution in [3.8, 4) is 16.9 Å². The maximum Gasteiger partial charge on any atom is 0.271 e. The van der Waals surface area contributed by atoms with Crippen LogP contribution in [-0.4, -0.2) is 65.3 Å². The van der Waals surface area contributed by atoms with Crippen LogP contribution in [0.4, 0.5) is 17.2 Å². The molecule has 0 radical (unpaired) electrons. The van der Waals surface area contributed by atoms with Crippen LogP contribution in [0.25, 0.3) is 11.1 Å². The molecule has 1 aliphatic carbocycles. The van der Waals surface area contributed by atoms with E-state index < -0.39 is 5.91 Å². The molecular weight excluding hydrogens is 466 g/mol. The Bertz CT molecular complexity index is 1290. The maximum atomic E-state index is 12.2. The van der Waals surface area contributed by atoms with Gasteiger partial charge in [-0.15, -0.1) is 10.2 Å². The first-order valence-corrected chi connectivity index (χ1v) is 11.6. The molecule has 36 heavy (non-hydrogen) atoms. The number of carbonyl (C=O) groups is 2. The van der Waals surface area contributed by atoms with E-state index in [0.717, 1.165) is 24.0 Å². The lowest BCUT2D eigenvalue weighted by molar-refractivity contribution is -0.117. The number of amides is 2. The molecule has 3 heterocycles. The highest BCUT2D eigenvalue weighted by Crippen LogP contribution is 2.39. The van der Waals surface area contributed by atoms with Crippen molar-refractivity contribution in [2.24, 2.45) is 11.7 Å². The van der Waals surface area contributed by atoms with Crippen LogP contribution in [0.5, 0.6) is 5.75 Å². The molecule has 3 aromatic rings. The van der Waals surface area contributed by atoms with Crippen LogP contribution in [-0.2, 0) is 14.3 Å². The number of nitrogens with zero attached hydrogens (tertiary/aromatic N) is 4. The van der Waals surface area contributed by atoms with Crippen molar-refractivity contribution in [1.82, 2.24) is 20.0 Å². The molecule has 4 N–H and O–H groups in total. The number of benzene rings is 1. The quantitative estimate of drug-likeness (QED) is 0.406. The first kappa shape index (κ1) is 23.7. The third-order valence-corrected chi connectivity index (χ3v) is 6.27. The van der Waals surface area contributed by atoms with Crippen LogP contribution in [0.3, 0.4) is 0 Å². The van der Waals surface area contributed by atoms with E-state index in [4.69, 9.17) is 19.9 Å². The Hall–Kier alpha value is -4.03. The van der Waals surface area contributed by atoms with Crippen molar-refractivity contribution < 1.29 is 23.8 Å². The zero-order valence-electron chi connectivity index (χ0n) is 19.9. The Morgan fingerprint density at radius 2 is 2.00 bits per heavy atom. The summed E-state index contributed by atoms with van der Waals surface area (Å²) in [6, 6.07) is 7.06. The van der Waals surface area contributed by atoms with E-state index in [-0.39, 0.29) is 35.5 Å². The van der Waals surface area contributed by atoms with Crippen molar-refractivity contribution in [3.05, 3.63) is 42.4 Å². The van der Waals surface area contributed by atoms with Crippen LogP contribution >= 0.6 is 0 Å².